The van der Waals surface area contributed by atoms with Crippen LogP contribution in [0.1, 0.15) is 31.8 Å². The predicted octanol–water partition coefficient (Wildman–Crippen LogP) is 5.28. The number of nitrogens with one attached hydrogen (secondary N) is 1. The Kier molecular flexibility index (Phi) is 5.36. The summed E-state index contributed by atoms with van der Waals surface area (Å²) >= 11 is 0. The Labute approximate surface area is 196 Å². The zero-order valence-corrected chi connectivity index (χ0v) is 18.4. The van der Waals surface area contributed by atoms with Crippen molar-refractivity contribution >= 4 is 39.2 Å². The number of ketones is 1. The van der Waals surface area contributed by atoms with Gasteiger partial charge in [-0.15, -0.1) is 0 Å². The van der Waals surface area contributed by atoms with Crippen molar-refractivity contribution in [3.05, 3.63) is 107 Å². The number of aryl methyl sites for hydroxylation is 1. The molecule has 0 aliphatic carbocycles. The van der Waals surface area contributed by atoms with Gasteiger partial charge >= 0.3 is 0 Å². The average Bonchev–Trinajstić information content (AvgIpc) is 3.20. The molecular weight excluding hydrogens is 424 g/mol. The molecule has 2 aromatic heterocycles. The molecule has 6 nitrogen and oxygen atoms in total. The fraction of sp³-hybridized carbons (Fsp3) is 0.0714. The summed E-state index contributed by atoms with van der Waals surface area (Å²) in [4.78, 5) is 30.3. The molecule has 0 atom stereocenters. The maximum atomic E-state index is 13.0. The second-order valence-electron chi connectivity index (χ2n) is 8.13. The summed E-state index contributed by atoms with van der Waals surface area (Å²) in [6.07, 6.45) is 3.74. The standard InChI is InChI=1S/C28H20N4O2/c1-32-17-24(26(33)14-18-7-9-19(16-29)10-8-18)22-12-11-21(15-25(22)32)31-28(34)23-6-2-4-20-5-3-13-30-27(20)23/h2-13,15,17H,14H2,1H3,(H,31,34). The predicted molar refractivity (Wildman–Crippen MR) is 132 cm³/mol. The molecule has 0 saturated carbocycles. The number of benzene rings is 3. The van der Waals surface area contributed by atoms with Crippen molar-refractivity contribution in [3.63, 3.8) is 0 Å². The van der Waals surface area contributed by atoms with Gasteiger partial charge in [-0.05, 0) is 42.0 Å². The molecule has 1 N–H and O–H groups in total. The summed E-state index contributed by atoms with van der Waals surface area (Å²) in [5.74, 6) is -0.246. The Hall–Kier alpha value is -4.76. The van der Waals surface area contributed by atoms with E-state index in [4.69, 9.17) is 5.26 Å². The summed E-state index contributed by atoms with van der Waals surface area (Å²) in [7, 11) is 1.88. The van der Waals surface area contributed by atoms with Gasteiger partial charge in [0.05, 0.1) is 28.2 Å². The van der Waals surface area contributed by atoms with Crippen molar-refractivity contribution < 1.29 is 9.59 Å². The lowest BCUT2D eigenvalue weighted by molar-refractivity contribution is 0.0992. The smallest absolute Gasteiger partial charge is 0.257 e. The SMILES string of the molecule is Cn1cc(C(=O)Cc2ccc(C#N)cc2)c2ccc(NC(=O)c3cccc4cccnc34)cc21. The van der Waals surface area contributed by atoms with Crippen LogP contribution in [0.3, 0.4) is 0 Å². The number of aromatic nitrogens is 2. The summed E-state index contributed by atoms with van der Waals surface area (Å²) in [6.45, 7) is 0. The van der Waals surface area contributed by atoms with Crippen LogP contribution in [0, 0.1) is 11.3 Å². The van der Waals surface area contributed by atoms with E-state index in [-0.39, 0.29) is 18.1 Å². The number of carbonyl (C=O) groups is 2. The molecule has 5 rings (SSSR count). The van der Waals surface area contributed by atoms with Gasteiger partial charge in [0.2, 0.25) is 0 Å². The molecule has 0 radical (unpaired) electrons. The third-order valence-electron chi connectivity index (χ3n) is 5.87. The van der Waals surface area contributed by atoms with E-state index < -0.39 is 0 Å². The van der Waals surface area contributed by atoms with Crippen molar-refractivity contribution in [2.75, 3.05) is 5.32 Å². The largest absolute Gasteiger partial charge is 0.350 e. The molecule has 1 amide bonds. The highest BCUT2D eigenvalue weighted by atomic mass is 16.1. The van der Waals surface area contributed by atoms with Crippen LogP contribution in [-0.2, 0) is 13.5 Å². The maximum Gasteiger partial charge on any atom is 0.257 e. The molecule has 0 spiro atoms. The zero-order valence-electron chi connectivity index (χ0n) is 18.4. The van der Waals surface area contributed by atoms with Crippen molar-refractivity contribution in [1.29, 1.82) is 5.26 Å². The van der Waals surface area contributed by atoms with E-state index >= 15 is 0 Å². The number of hydrogen-bond donors (Lipinski definition) is 1. The number of hydrogen-bond acceptors (Lipinski definition) is 4. The van der Waals surface area contributed by atoms with Crippen LogP contribution in [0.25, 0.3) is 21.8 Å². The molecule has 34 heavy (non-hydrogen) atoms. The molecule has 5 aromatic rings. The van der Waals surface area contributed by atoms with Gasteiger partial charge in [0.25, 0.3) is 5.91 Å². The number of carbonyl (C=O) groups excluding carboxylic acids is 2. The van der Waals surface area contributed by atoms with E-state index in [1.807, 2.05) is 54.2 Å². The van der Waals surface area contributed by atoms with Gasteiger partial charge in [0.15, 0.2) is 5.78 Å². The zero-order chi connectivity index (χ0) is 23.7. The van der Waals surface area contributed by atoms with E-state index in [0.29, 0.717) is 27.9 Å². The third kappa shape index (κ3) is 3.91. The first-order chi connectivity index (χ1) is 16.5. The van der Waals surface area contributed by atoms with Gasteiger partial charge in [0.1, 0.15) is 0 Å². The first kappa shape index (κ1) is 21.1. The number of Topliss-reactive ketones (excluding diaryl/α,β-unsaturated/α-hetero) is 1. The quantitative estimate of drug-likeness (QED) is 0.374. The highest BCUT2D eigenvalue weighted by Gasteiger charge is 2.16. The number of anilines is 1. The number of nitriles is 1. The summed E-state index contributed by atoms with van der Waals surface area (Å²) in [5.41, 5.74) is 4.68. The minimum atomic E-state index is -0.241. The lowest BCUT2D eigenvalue weighted by Crippen LogP contribution is -2.12. The molecule has 0 bridgehead atoms. The van der Waals surface area contributed by atoms with Crippen LogP contribution in [0.15, 0.2) is 85.2 Å². The molecular formula is C28H20N4O2. The first-order valence-electron chi connectivity index (χ1n) is 10.8. The van der Waals surface area contributed by atoms with Gasteiger partial charge in [0, 0.05) is 47.9 Å². The second kappa shape index (κ2) is 8.64. The number of para-hydroxylation sites is 1. The van der Waals surface area contributed by atoms with Crippen molar-refractivity contribution in [2.45, 2.75) is 6.42 Å². The lowest BCUT2D eigenvalue weighted by atomic mass is 10.0. The van der Waals surface area contributed by atoms with Crippen LogP contribution in [-0.4, -0.2) is 21.2 Å². The topological polar surface area (TPSA) is 87.8 Å². The van der Waals surface area contributed by atoms with Gasteiger partial charge in [-0.1, -0.05) is 36.4 Å². The van der Waals surface area contributed by atoms with E-state index in [2.05, 4.69) is 16.4 Å². The molecule has 3 aromatic carbocycles. The average molecular weight is 444 g/mol. The lowest BCUT2D eigenvalue weighted by Gasteiger charge is -2.08. The first-order valence-corrected chi connectivity index (χ1v) is 10.8. The fourth-order valence-electron chi connectivity index (χ4n) is 4.15. The van der Waals surface area contributed by atoms with Crippen molar-refractivity contribution in [3.8, 4) is 6.07 Å². The van der Waals surface area contributed by atoms with Crippen LogP contribution < -0.4 is 5.32 Å². The molecule has 0 unspecified atom stereocenters. The number of nitrogens with zero attached hydrogens (tertiary/aromatic N) is 3. The van der Waals surface area contributed by atoms with E-state index in [0.717, 1.165) is 21.9 Å². The van der Waals surface area contributed by atoms with E-state index in [1.54, 1.807) is 42.6 Å². The highest BCUT2D eigenvalue weighted by Crippen LogP contribution is 2.26. The molecule has 6 heteroatoms. The number of amides is 1. The molecule has 164 valence electrons. The van der Waals surface area contributed by atoms with Crippen LogP contribution in [0.2, 0.25) is 0 Å². The normalized spacial score (nSPS) is 10.8. The Morgan fingerprint density at radius 3 is 2.59 bits per heavy atom. The van der Waals surface area contributed by atoms with Crippen LogP contribution >= 0.6 is 0 Å². The minimum Gasteiger partial charge on any atom is -0.350 e. The maximum absolute atomic E-state index is 13.0. The Morgan fingerprint density at radius 1 is 1.00 bits per heavy atom. The molecule has 0 fully saturated rings. The van der Waals surface area contributed by atoms with Crippen LogP contribution in [0.5, 0.6) is 0 Å². The van der Waals surface area contributed by atoms with E-state index in [9.17, 15) is 9.59 Å². The summed E-state index contributed by atoms with van der Waals surface area (Å²) < 4.78 is 1.89. The molecule has 0 aliphatic heterocycles. The third-order valence-corrected chi connectivity index (χ3v) is 5.87. The van der Waals surface area contributed by atoms with Gasteiger partial charge in [-0.25, -0.2) is 0 Å². The molecule has 0 aliphatic rings. The summed E-state index contributed by atoms with van der Waals surface area (Å²) in [5, 5.41) is 13.6. The Balaban J connectivity index is 1.41. The Morgan fingerprint density at radius 2 is 1.79 bits per heavy atom. The summed E-state index contributed by atoms with van der Waals surface area (Å²) in [6, 6.07) is 23.9. The van der Waals surface area contributed by atoms with Crippen molar-refractivity contribution in [1.82, 2.24) is 9.55 Å². The number of rotatable bonds is 5. The highest BCUT2D eigenvalue weighted by molar-refractivity contribution is 6.13. The minimum absolute atomic E-state index is 0.00563. The fourth-order valence-corrected chi connectivity index (χ4v) is 4.15. The second-order valence-corrected chi connectivity index (χ2v) is 8.13. The van der Waals surface area contributed by atoms with Crippen molar-refractivity contribution in [2.24, 2.45) is 7.05 Å². The Bertz CT molecular complexity index is 1600. The van der Waals surface area contributed by atoms with Gasteiger partial charge < -0.3 is 9.88 Å². The van der Waals surface area contributed by atoms with E-state index in [1.165, 1.54) is 0 Å². The molecule has 0 saturated heterocycles. The van der Waals surface area contributed by atoms with Crippen LogP contribution in [0.4, 0.5) is 5.69 Å². The number of pyridine rings is 1. The van der Waals surface area contributed by atoms with Gasteiger partial charge in [-0.3, -0.25) is 14.6 Å². The number of fused-ring (bicyclic) bond motifs is 2. The molecule has 2 heterocycles. The monoisotopic (exact) mass is 444 g/mol. The van der Waals surface area contributed by atoms with Gasteiger partial charge in [-0.2, -0.15) is 5.26 Å².